The Morgan fingerprint density at radius 3 is 2.73 bits per heavy atom. The van der Waals surface area contributed by atoms with Crippen LogP contribution in [-0.4, -0.2) is 40.9 Å². The molecule has 0 fully saturated rings. The van der Waals surface area contributed by atoms with E-state index in [0.717, 1.165) is 11.3 Å². The summed E-state index contributed by atoms with van der Waals surface area (Å²) < 4.78 is 7.10. The van der Waals surface area contributed by atoms with Crippen LogP contribution in [0.15, 0.2) is 47.7 Å². The number of guanidine groups is 1. The number of hydrogen-bond donors (Lipinski definition) is 2. The summed E-state index contributed by atoms with van der Waals surface area (Å²) in [6.45, 7) is 7.60. The lowest BCUT2D eigenvalue weighted by atomic mass is 10.1. The van der Waals surface area contributed by atoms with Gasteiger partial charge in [-0.25, -0.2) is 4.68 Å². The monoisotopic (exact) mass is 357 g/mol. The number of nitrogens with one attached hydrogen (secondary N) is 2. The minimum Gasteiger partial charge on any atom is -0.459 e. The quantitative estimate of drug-likeness (QED) is 0.488. The molecule has 0 amide bonds. The molecule has 7 nitrogen and oxygen atoms in total. The lowest BCUT2D eigenvalue weighted by Gasteiger charge is -2.21. The molecule has 2 N–H and O–H groups in total. The minimum atomic E-state index is -0.504. The van der Waals surface area contributed by atoms with E-state index in [-0.39, 0.29) is 18.6 Å². The Labute approximate surface area is 154 Å². The maximum absolute atomic E-state index is 11.8. The number of ether oxygens (including phenoxy) is 1. The van der Waals surface area contributed by atoms with Crippen LogP contribution in [-0.2, 0) is 9.53 Å². The molecule has 26 heavy (non-hydrogen) atoms. The normalized spacial score (nSPS) is 13.2. The number of aliphatic imine (C=N–C) groups is 1. The molecule has 1 heterocycles. The predicted octanol–water partition coefficient (Wildman–Crippen LogP) is 2.44. The first kappa shape index (κ1) is 19.5. The molecule has 0 saturated carbocycles. The molecule has 1 aromatic carbocycles. The maximum atomic E-state index is 11.8. The SMILES string of the molecule is CN=C(NCC(=O)OC(C)(C)C)NC(C)c1cccc(-n2cccn2)c1. The molecule has 0 spiro atoms. The third-order valence-corrected chi connectivity index (χ3v) is 3.54. The van der Waals surface area contributed by atoms with Crippen molar-refractivity contribution in [2.45, 2.75) is 39.3 Å². The van der Waals surface area contributed by atoms with Gasteiger partial charge in [0.15, 0.2) is 5.96 Å². The van der Waals surface area contributed by atoms with Crippen LogP contribution in [0.3, 0.4) is 0 Å². The van der Waals surface area contributed by atoms with E-state index in [1.54, 1.807) is 13.2 Å². The number of carbonyl (C=O) groups excluding carboxylic acids is 1. The second kappa shape index (κ2) is 8.51. The van der Waals surface area contributed by atoms with E-state index in [2.05, 4.69) is 26.8 Å². The van der Waals surface area contributed by atoms with Crippen molar-refractivity contribution in [3.8, 4) is 5.69 Å². The summed E-state index contributed by atoms with van der Waals surface area (Å²) in [5.41, 5.74) is 1.56. The Morgan fingerprint density at radius 1 is 1.35 bits per heavy atom. The van der Waals surface area contributed by atoms with Gasteiger partial charge in [0.25, 0.3) is 0 Å². The predicted molar refractivity (Wildman–Crippen MR) is 102 cm³/mol. The van der Waals surface area contributed by atoms with Crippen molar-refractivity contribution in [1.29, 1.82) is 0 Å². The highest BCUT2D eigenvalue weighted by atomic mass is 16.6. The Hall–Kier alpha value is -2.83. The first-order valence-electron chi connectivity index (χ1n) is 8.57. The molecule has 1 unspecified atom stereocenters. The molecular formula is C19H27N5O2. The number of hydrogen-bond acceptors (Lipinski definition) is 4. The van der Waals surface area contributed by atoms with Crippen molar-refractivity contribution in [2.24, 2.45) is 4.99 Å². The smallest absolute Gasteiger partial charge is 0.325 e. The van der Waals surface area contributed by atoms with Crippen LogP contribution in [0.2, 0.25) is 0 Å². The zero-order valence-electron chi connectivity index (χ0n) is 16.0. The van der Waals surface area contributed by atoms with Crippen LogP contribution in [0.1, 0.15) is 39.3 Å². The van der Waals surface area contributed by atoms with Crippen LogP contribution in [0.25, 0.3) is 5.69 Å². The van der Waals surface area contributed by atoms with Gasteiger partial charge in [-0.3, -0.25) is 9.79 Å². The average molecular weight is 357 g/mol. The van der Waals surface area contributed by atoms with Gasteiger partial charge in [0.1, 0.15) is 12.1 Å². The summed E-state index contributed by atoms with van der Waals surface area (Å²) >= 11 is 0. The highest BCUT2D eigenvalue weighted by molar-refractivity contribution is 5.84. The third kappa shape index (κ3) is 5.91. The summed E-state index contributed by atoms with van der Waals surface area (Å²) in [6.07, 6.45) is 3.65. The number of aromatic nitrogens is 2. The summed E-state index contributed by atoms with van der Waals surface area (Å²) in [5, 5.41) is 10.5. The van der Waals surface area contributed by atoms with Crippen molar-refractivity contribution >= 4 is 11.9 Å². The molecule has 2 aromatic rings. The Kier molecular flexibility index (Phi) is 6.38. The van der Waals surface area contributed by atoms with Crippen molar-refractivity contribution in [3.05, 3.63) is 48.3 Å². The van der Waals surface area contributed by atoms with E-state index < -0.39 is 5.60 Å². The molecule has 0 radical (unpaired) electrons. The molecule has 1 atom stereocenters. The standard InChI is InChI=1S/C19H27N5O2/c1-14(15-8-6-9-16(12-15)24-11-7-10-22-24)23-18(20-5)21-13-17(25)26-19(2,3)4/h6-12,14H,13H2,1-5H3,(H2,20,21,23). The summed E-state index contributed by atoms with van der Waals surface area (Å²) in [6, 6.07) is 9.96. The lowest BCUT2D eigenvalue weighted by molar-refractivity contribution is -0.153. The number of rotatable bonds is 5. The molecule has 0 aliphatic heterocycles. The summed E-state index contributed by atoms with van der Waals surface area (Å²) in [5.74, 6) is 0.210. The van der Waals surface area contributed by atoms with Crippen LogP contribution >= 0.6 is 0 Å². The van der Waals surface area contributed by atoms with Crippen LogP contribution < -0.4 is 10.6 Å². The van der Waals surface area contributed by atoms with Crippen molar-refractivity contribution in [1.82, 2.24) is 20.4 Å². The fourth-order valence-corrected chi connectivity index (χ4v) is 2.37. The van der Waals surface area contributed by atoms with Crippen LogP contribution in [0.4, 0.5) is 0 Å². The number of nitrogens with zero attached hydrogens (tertiary/aromatic N) is 3. The highest BCUT2D eigenvalue weighted by Gasteiger charge is 2.17. The fraction of sp³-hybridized carbons (Fsp3) is 0.421. The minimum absolute atomic E-state index is 0.00431. The van der Waals surface area contributed by atoms with E-state index in [0.29, 0.717) is 5.96 Å². The van der Waals surface area contributed by atoms with Crippen LogP contribution in [0, 0.1) is 0 Å². The van der Waals surface area contributed by atoms with Gasteiger partial charge >= 0.3 is 5.97 Å². The van der Waals surface area contributed by atoms with Gasteiger partial charge in [-0.05, 0) is 51.5 Å². The number of benzene rings is 1. The molecule has 0 bridgehead atoms. The van der Waals surface area contributed by atoms with Crippen LogP contribution in [0.5, 0.6) is 0 Å². The van der Waals surface area contributed by atoms with Crippen molar-refractivity contribution < 1.29 is 9.53 Å². The van der Waals surface area contributed by atoms with Gasteiger partial charge in [-0.2, -0.15) is 5.10 Å². The fourth-order valence-electron chi connectivity index (χ4n) is 2.37. The highest BCUT2D eigenvalue weighted by Crippen LogP contribution is 2.16. The van der Waals surface area contributed by atoms with E-state index in [1.165, 1.54) is 0 Å². The lowest BCUT2D eigenvalue weighted by Crippen LogP contribution is -2.42. The van der Waals surface area contributed by atoms with E-state index in [1.807, 2.05) is 62.8 Å². The largest absolute Gasteiger partial charge is 0.459 e. The molecule has 0 aliphatic rings. The average Bonchev–Trinajstić information content (AvgIpc) is 3.11. The van der Waals surface area contributed by atoms with Crippen molar-refractivity contribution in [2.75, 3.05) is 13.6 Å². The number of carbonyl (C=O) groups is 1. The number of esters is 1. The van der Waals surface area contributed by atoms with Gasteiger partial charge < -0.3 is 15.4 Å². The zero-order chi connectivity index (χ0) is 19.2. The van der Waals surface area contributed by atoms with Gasteiger partial charge in [-0.15, -0.1) is 0 Å². The molecule has 0 saturated heterocycles. The topological polar surface area (TPSA) is 80.5 Å². The second-order valence-electron chi connectivity index (χ2n) is 6.92. The molecule has 0 aliphatic carbocycles. The van der Waals surface area contributed by atoms with E-state index in [4.69, 9.17) is 4.74 Å². The Bertz CT molecular complexity index is 748. The summed E-state index contributed by atoms with van der Waals surface area (Å²) in [4.78, 5) is 16.0. The molecule has 1 aromatic heterocycles. The van der Waals surface area contributed by atoms with Gasteiger partial charge in [0.2, 0.25) is 0 Å². The summed E-state index contributed by atoms with van der Waals surface area (Å²) in [7, 11) is 1.66. The van der Waals surface area contributed by atoms with Gasteiger partial charge in [0, 0.05) is 19.4 Å². The Morgan fingerprint density at radius 2 is 2.12 bits per heavy atom. The zero-order valence-corrected chi connectivity index (χ0v) is 16.0. The maximum Gasteiger partial charge on any atom is 0.325 e. The molecule has 7 heteroatoms. The Balaban J connectivity index is 1.96. The van der Waals surface area contributed by atoms with Gasteiger partial charge in [0.05, 0.1) is 11.7 Å². The molecular weight excluding hydrogens is 330 g/mol. The molecule has 140 valence electrons. The molecule has 2 rings (SSSR count). The van der Waals surface area contributed by atoms with Gasteiger partial charge in [-0.1, -0.05) is 12.1 Å². The van der Waals surface area contributed by atoms with E-state index in [9.17, 15) is 4.79 Å². The van der Waals surface area contributed by atoms with E-state index >= 15 is 0 Å². The third-order valence-electron chi connectivity index (χ3n) is 3.54. The second-order valence-corrected chi connectivity index (χ2v) is 6.92. The first-order valence-corrected chi connectivity index (χ1v) is 8.57. The van der Waals surface area contributed by atoms with Crippen molar-refractivity contribution in [3.63, 3.8) is 0 Å². The first-order chi connectivity index (χ1) is 12.3.